The second kappa shape index (κ2) is 7.24. The number of ether oxygens (including phenoxy) is 1. The van der Waals surface area contributed by atoms with E-state index in [9.17, 15) is 4.79 Å². The van der Waals surface area contributed by atoms with Gasteiger partial charge in [-0.25, -0.2) is 0 Å². The summed E-state index contributed by atoms with van der Waals surface area (Å²) in [5, 5.41) is 0.126. The van der Waals surface area contributed by atoms with Gasteiger partial charge in [0.25, 0.3) is 0 Å². The van der Waals surface area contributed by atoms with Gasteiger partial charge in [0.15, 0.2) is 8.32 Å². The number of hydrogen-bond acceptors (Lipinski definition) is 3. The first-order valence-electron chi connectivity index (χ1n) is 7.04. The van der Waals surface area contributed by atoms with E-state index < -0.39 is 8.32 Å². The molecule has 0 amide bonds. The first kappa shape index (κ1) is 18.4. The van der Waals surface area contributed by atoms with E-state index in [1.807, 2.05) is 32.9 Å². The second-order valence-corrected chi connectivity index (χ2v) is 11.2. The molecule has 112 valence electrons. The molecule has 0 spiro atoms. The van der Waals surface area contributed by atoms with Crippen molar-refractivity contribution >= 4 is 14.3 Å². The molecule has 0 saturated heterocycles. The fourth-order valence-corrected chi connectivity index (χ4v) is 2.74. The minimum Gasteiger partial charge on any atom is -0.466 e. The summed E-state index contributed by atoms with van der Waals surface area (Å²) in [5.41, 5.74) is 0. The van der Waals surface area contributed by atoms with E-state index in [0.717, 1.165) is 0 Å². The molecule has 2 atom stereocenters. The van der Waals surface area contributed by atoms with Crippen LogP contribution in [0, 0.1) is 5.92 Å². The first-order chi connectivity index (χ1) is 8.56. The average Bonchev–Trinajstić information content (AvgIpc) is 2.26. The van der Waals surface area contributed by atoms with Crippen LogP contribution in [0.5, 0.6) is 0 Å². The molecule has 19 heavy (non-hydrogen) atoms. The van der Waals surface area contributed by atoms with E-state index in [4.69, 9.17) is 9.16 Å². The lowest BCUT2D eigenvalue weighted by molar-refractivity contribution is -0.149. The molecule has 0 rings (SSSR count). The highest BCUT2D eigenvalue weighted by molar-refractivity contribution is 6.74. The van der Waals surface area contributed by atoms with Gasteiger partial charge in [-0.2, -0.15) is 0 Å². The monoisotopic (exact) mass is 286 g/mol. The molecule has 0 fully saturated rings. The highest BCUT2D eigenvalue weighted by Crippen LogP contribution is 2.38. The van der Waals surface area contributed by atoms with Crippen molar-refractivity contribution in [3.8, 4) is 0 Å². The molecular formula is C15H30O3Si. The molecule has 0 heterocycles. The van der Waals surface area contributed by atoms with E-state index >= 15 is 0 Å². The third-order valence-electron chi connectivity index (χ3n) is 3.77. The van der Waals surface area contributed by atoms with Gasteiger partial charge >= 0.3 is 5.97 Å². The number of rotatable bonds is 6. The summed E-state index contributed by atoms with van der Waals surface area (Å²) in [4.78, 5) is 11.9. The van der Waals surface area contributed by atoms with Gasteiger partial charge in [0.05, 0.1) is 18.6 Å². The van der Waals surface area contributed by atoms with E-state index in [1.54, 1.807) is 0 Å². The van der Waals surface area contributed by atoms with Gasteiger partial charge in [0.1, 0.15) is 0 Å². The van der Waals surface area contributed by atoms with Gasteiger partial charge in [-0.05, 0) is 38.9 Å². The number of allylic oxidation sites excluding steroid dienone is 1. The summed E-state index contributed by atoms with van der Waals surface area (Å²) < 4.78 is 11.4. The van der Waals surface area contributed by atoms with Gasteiger partial charge < -0.3 is 9.16 Å². The summed E-state index contributed by atoms with van der Waals surface area (Å²) in [5.74, 6) is -0.463. The maximum Gasteiger partial charge on any atom is 0.311 e. The van der Waals surface area contributed by atoms with Crippen molar-refractivity contribution in [1.82, 2.24) is 0 Å². The SMILES string of the molecule is C/C=C/[C@@H](O[Si](C)(C)C(C)(C)C)[C@@H](C)C(=O)OCC. The Kier molecular flexibility index (Phi) is 7.01. The maximum absolute atomic E-state index is 11.9. The van der Waals surface area contributed by atoms with Crippen LogP contribution >= 0.6 is 0 Å². The molecule has 0 aromatic heterocycles. The Bertz CT molecular complexity index is 316. The van der Waals surface area contributed by atoms with Crippen LogP contribution < -0.4 is 0 Å². The molecule has 4 heteroatoms. The van der Waals surface area contributed by atoms with Crippen LogP contribution in [0.4, 0.5) is 0 Å². The lowest BCUT2D eigenvalue weighted by Crippen LogP contribution is -2.46. The molecule has 0 radical (unpaired) electrons. The molecule has 0 aliphatic heterocycles. The van der Waals surface area contributed by atoms with Gasteiger partial charge in [0.2, 0.25) is 0 Å². The van der Waals surface area contributed by atoms with Crippen LogP contribution in [0.3, 0.4) is 0 Å². The molecule has 0 bridgehead atoms. The quantitative estimate of drug-likeness (QED) is 0.418. The molecule has 0 aliphatic carbocycles. The Morgan fingerprint density at radius 1 is 1.32 bits per heavy atom. The van der Waals surface area contributed by atoms with E-state index in [1.165, 1.54) is 0 Å². The predicted molar refractivity (Wildman–Crippen MR) is 82.7 cm³/mol. The van der Waals surface area contributed by atoms with Gasteiger partial charge in [0, 0.05) is 0 Å². The minimum atomic E-state index is -1.90. The van der Waals surface area contributed by atoms with Crippen LogP contribution in [-0.2, 0) is 14.0 Å². The zero-order valence-corrected chi connectivity index (χ0v) is 14.7. The van der Waals surface area contributed by atoms with Gasteiger partial charge in [-0.3, -0.25) is 4.79 Å². The minimum absolute atomic E-state index is 0.126. The van der Waals surface area contributed by atoms with Crippen molar-refractivity contribution < 1.29 is 14.0 Å². The third-order valence-corrected chi connectivity index (χ3v) is 8.24. The number of carbonyl (C=O) groups is 1. The lowest BCUT2D eigenvalue weighted by atomic mass is 10.1. The van der Waals surface area contributed by atoms with E-state index in [2.05, 4.69) is 33.9 Å². The van der Waals surface area contributed by atoms with Crippen molar-refractivity contribution in [2.75, 3.05) is 6.61 Å². The summed E-state index contributed by atoms with van der Waals surface area (Å²) in [6.07, 6.45) is 3.69. The van der Waals surface area contributed by atoms with Crippen LogP contribution in [0.1, 0.15) is 41.5 Å². The van der Waals surface area contributed by atoms with Crippen molar-refractivity contribution in [3.05, 3.63) is 12.2 Å². The van der Waals surface area contributed by atoms with Crippen LogP contribution in [-0.4, -0.2) is 27.0 Å². The zero-order chi connectivity index (χ0) is 15.3. The summed E-state index contributed by atoms with van der Waals surface area (Å²) in [6, 6.07) is 0. The highest BCUT2D eigenvalue weighted by atomic mass is 28.4. The molecular weight excluding hydrogens is 256 g/mol. The molecule has 0 aromatic carbocycles. The average molecular weight is 286 g/mol. The fraction of sp³-hybridized carbons (Fsp3) is 0.800. The molecule has 3 nitrogen and oxygen atoms in total. The summed E-state index contributed by atoms with van der Waals surface area (Å²) in [6.45, 7) is 17.0. The van der Waals surface area contributed by atoms with Crippen LogP contribution in [0.15, 0.2) is 12.2 Å². The Morgan fingerprint density at radius 3 is 2.21 bits per heavy atom. The number of hydrogen-bond donors (Lipinski definition) is 0. The van der Waals surface area contributed by atoms with E-state index in [-0.39, 0.29) is 23.0 Å². The highest BCUT2D eigenvalue weighted by Gasteiger charge is 2.40. The fourth-order valence-electron chi connectivity index (χ4n) is 1.42. The van der Waals surface area contributed by atoms with E-state index in [0.29, 0.717) is 6.61 Å². The third kappa shape index (κ3) is 5.49. The lowest BCUT2D eigenvalue weighted by Gasteiger charge is -2.39. The van der Waals surface area contributed by atoms with Crippen molar-refractivity contribution in [2.45, 2.75) is 65.8 Å². The molecule has 0 unspecified atom stereocenters. The largest absolute Gasteiger partial charge is 0.466 e. The molecule has 0 N–H and O–H groups in total. The van der Waals surface area contributed by atoms with Crippen molar-refractivity contribution in [2.24, 2.45) is 5.92 Å². The Balaban J connectivity index is 4.99. The normalized spacial score (nSPS) is 16.4. The number of carbonyl (C=O) groups excluding carboxylic acids is 1. The van der Waals surface area contributed by atoms with Crippen LogP contribution in [0.25, 0.3) is 0 Å². The Morgan fingerprint density at radius 2 is 1.84 bits per heavy atom. The molecule has 0 aliphatic rings. The summed E-state index contributed by atoms with van der Waals surface area (Å²) >= 11 is 0. The number of esters is 1. The van der Waals surface area contributed by atoms with Gasteiger partial charge in [-0.15, -0.1) is 0 Å². The van der Waals surface area contributed by atoms with Crippen molar-refractivity contribution in [3.63, 3.8) is 0 Å². The predicted octanol–water partition coefficient (Wildman–Crippen LogP) is 4.15. The Labute approximate surface area is 119 Å². The van der Waals surface area contributed by atoms with Crippen LogP contribution in [0.2, 0.25) is 18.1 Å². The zero-order valence-electron chi connectivity index (χ0n) is 13.7. The smallest absolute Gasteiger partial charge is 0.311 e. The second-order valence-electron chi connectivity index (χ2n) is 6.41. The Hall–Kier alpha value is -0.613. The first-order valence-corrected chi connectivity index (χ1v) is 9.95. The summed E-state index contributed by atoms with van der Waals surface area (Å²) in [7, 11) is -1.90. The standard InChI is InChI=1S/C15H30O3Si/c1-9-11-13(12(3)14(16)17-10-2)18-19(7,8)15(4,5)6/h9,11-13H,10H2,1-8H3/b11-9+/t12-,13-/m1/s1. The molecule has 0 saturated carbocycles. The maximum atomic E-state index is 11.9. The topological polar surface area (TPSA) is 35.5 Å². The molecule has 0 aromatic rings. The van der Waals surface area contributed by atoms with Crippen molar-refractivity contribution in [1.29, 1.82) is 0 Å². The van der Waals surface area contributed by atoms with Gasteiger partial charge in [-0.1, -0.05) is 32.9 Å².